The van der Waals surface area contributed by atoms with Gasteiger partial charge in [0.1, 0.15) is 11.9 Å². The van der Waals surface area contributed by atoms with Crippen LogP contribution < -0.4 is 4.74 Å². The summed E-state index contributed by atoms with van der Waals surface area (Å²) in [6, 6.07) is 8.02. The van der Waals surface area contributed by atoms with Crippen molar-refractivity contribution in [2.45, 2.75) is 26.0 Å². The first-order chi connectivity index (χ1) is 9.76. The van der Waals surface area contributed by atoms with Gasteiger partial charge in [0.25, 0.3) is 0 Å². The molecule has 0 fully saturated rings. The average Bonchev–Trinajstić information content (AvgIpc) is 3.05. The molecule has 1 unspecified atom stereocenters. The summed E-state index contributed by atoms with van der Waals surface area (Å²) in [5.74, 6) is 0.602. The molecule has 1 aliphatic rings. The number of carbonyl (C=O) groups excluding carboxylic acids is 1. The van der Waals surface area contributed by atoms with E-state index in [2.05, 4.69) is 11.2 Å². The molecule has 1 aromatic heterocycles. The maximum Gasteiger partial charge on any atom is 0.341 e. The Balaban J connectivity index is 1.64. The lowest BCUT2D eigenvalue weighted by molar-refractivity contribution is 0.0526. The Hall–Kier alpha value is -2.30. The molecule has 0 bridgehead atoms. The maximum absolute atomic E-state index is 11.6. The van der Waals surface area contributed by atoms with Crippen LogP contribution in [0.3, 0.4) is 0 Å². The molecule has 2 aromatic rings. The van der Waals surface area contributed by atoms with Crippen LogP contribution in [-0.4, -0.2) is 28.5 Å². The van der Waals surface area contributed by atoms with Gasteiger partial charge >= 0.3 is 5.97 Å². The van der Waals surface area contributed by atoms with Gasteiger partial charge in [0.15, 0.2) is 0 Å². The van der Waals surface area contributed by atoms with Crippen molar-refractivity contribution in [3.8, 4) is 5.75 Å². The first-order valence-electron chi connectivity index (χ1n) is 6.70. The molecular weight excluding hydrogens is 256 g/mol. The van der Waals surface area contributed by atoms with E-state index < -0.39 is 0 Å². The van der Waals surface area contributed by atoms with E-state index in [0.29, 0.717) is 18.7 Å². The summed E-state index contributed by atoms with van der Waals surface area (Å²) in [4.78, 5) is 11.6. The second-order valence-corrected chi connectivity index (χ2v) is 4.72. The third-order valence-corrected chi connectivity index (χ3v) is 3.25. The van der Waals surface area contributed by atoms with Crippen LogP contribution in [-0.2, 0) is 17.7 Å². The maximum atomic E-state index is 11.6. The number of hydrogen-bond donors (Lipinski definition) is 0. The van der Waals surface area contributed by atoms with Crippen molar-refractivity contribution >= 4 is 5.97 Å². The molecular formula is C15H16N2O3. The van der Waals surface area contributed by atoms with Crippen LogP contribution in [0.1, 0.15) is 22.8 Å². The number of fused-ring (bicyclic) bond motifs is 1. The van der Waals surface area contributed by atoms with Crippen LogP contribution in [0.4, 0.5) is 0 Å². The molecule has 0 radical (unpaired) electrons. The van der Waals surface area contributed by atoms with Crippen LogP contribution in [0, 0.1) is 0 Å². The molecule has 1 aliphatic heterocycles. The number of benzene rings is 1. The second kappa shape index (κ2) is 5.36. The Bertz CT molecular complexity index is 596. The van der Waals surface area contributed by atoms with Gasteiger partial charge in [-0.3, -0.25) is 4.68 Å². The SMILES string of the molecule is CCOC(=O)c1cnn(CC2Cc3ccccc3O2)c1. The lowest BCUT2D eigenvalue weighted by Crippen LogP contribution is -2.21. The topological polar surface area (TPSA) is 53.3 Å². The van der Waals surface area contributed by atoms with E-state index in [1.54, 1.807) is 17.8 Å². The molecule has 20 heavy (non-hydrogen) atoms. The minimum Gasteiger partial charge on any atom is -0.488 e. The fraction of sp³-hybridized carbons (Fsp3) is 0.333. The molecule has 5 nitrogen and oxygen atoms in total. The summed E-state index contributed by atoms with van der Waals surface area (Å²) in [6.45, 7) is 2.77. The first kappa shape index (κ1) is 12.7. The number of para-hydroxylation sites is 1. The smallest absolute Gasteiger partial charge is 0.341 e. The highest BCUT2D eigenvalue weighted by atomic mass is 16.5. The third-order valence-electron chi connectivity index (χ3n) is 3.25. The molecule has 3 rings (SSSR count). The van der Waals surface area contributed by atoms with Gasteiger partial charge in [-0.1, -0.05) is 18.2 Å². The van der Waals surface area contributed by atoms with Crippen molar-refractivity contribution in [3.63, 3.8) is 0 Å². The summed E-state index contributed by atoms with van der Waals surface area (Å²) < 4.78 is 12.5. The van der Waals surface area contributed by atoms with E-state index >= 15 is 0 Å². The number of hydrogen-bond acceptors (Lipinski definition) is 4. The van der Waals surface area contributed by atoms with E-state index in [0.717, 1.165) is 12.2 Å². The Kier molecular flexibility index (Phi) is 3.41. The number of ether oxygens (including phenoxy) is 2. The minimum atomic E-state index is -0.339. The fourth-order valence-electron chi connectivity index (χ4n) is 2.35. The highest BCUT2D eigenvalue weighted by molar-refractivity contribution is 5.88. The number of nitrogens with zero attached hydrogens (tertiary/aromatic N) is 2. The van der Waals surface area contributed by atoms with Gasteiger partial charge in [0, 0.05) is 12.6 Å². The summed E-state index contributed by atoms with van der Waals surface area (Å²) in [5, 5.41) is 4.18. The van der Waals surface area contributed by atoms with Gasteiger partial charge in [0.2, 0.25) is 0 Å². The second-order valence-electron chi connectivity index (χ2n) is 4.72. The highest BCUT2D eigenvalue weighted by Gasteiger charge is 2.23. The third kappa shape index (κ3) is 2.52. The van der Waals surface area contributed by atoms with Crippen molar-refractivity contribution < 1.29 is 14.3 Å². The van der Waals surface area contributed by atoms with E-state index in [1.165, 1.54) is 11.8 Å². The van der Waals surface area contributed by atoms with Gasteiger partial charge in [0.05, 0.1) is 24.9 Å². The van der Waals surface area contributed by atoms with Crippen molar-refractivity contribution in [1.29, 1.82) is 0 Å². The average molecular weight is 272 g/mol. The van der Waals surface area contributed by atoms with E-state index in [9.17, 15) is 4.79 Å². The van der Waals surface area contributed by atoms with E-state index in [4.69, 9.17) is 9.47 Å². The molecule has 1 atom stereocenters. The van der Waals surface area contributed by atoms with Gasteiger partial charge < -0.3 is 9.47 Å². The number of carbonyl (C=O) groups is 1. The number of aromatic nitrogens is 2. The van der Waals surface area contributed by atoms with Crippen LogP contribution in [0.25, 0.3) is 0 Å². The molecule has 0 spiro atoms. The number of rotatable bonds is 4. The first-order valence-corrected chi connectivity index (χ1v) is 6.70. The highest BCUT2D eigenvalue weighted by Crippen LogP contribution is 2.28. The predicted octanol–water partition coefficient (Wildman–Crippen LogP) is 2.06. The van der Waals surface area contributed by atoms with Crippen molar-refractivity contribution in [1.82, 2.24) is 9.78 Å². The monoisotopic (exact) mass is 272 g/mol. The fourth-order valence-corrected chi connectivity index (χ4v) is 2.35. The molecule has 5 heteroatoms. The zero-order valence-electron chi connectivity index (χ0n) is 11.3. The Morgan fingerprint density at radius 2 is 2.35 bits per heavy atom. The Morgan fingerprint density at radius 3 is 3.15 bits per heavy atom. The quantitative estimate of drug-likeness (QED) is 0.799. The Morgan fingerprint density at radius 1 is 1.50 bits per heavy atom. The summed E-state index contributed by atoms with van der Waals surface area (Å²) in [7, 11) is 0. The zero-order valence-corrected chi connectivity index (χ0v) is 11.3. The Labute approximate surface area is 117 Å². The van der Waals surface area contributed by atoms with Gasteiger partial charge in [-0.2, -0.15) is 5.10 Å². The standard InChI is InChI=1S/C15H16N2O3/c1-2-19-15(18)12-8-16-17(9-12)10-13-7-11-5-3-4-6-14(11)20-13/h3-6,8-9,13H,2,7,10H2,1H3. The molecule has 2 heterocycles. The van der Waals surface area contributed by atoms with Gasteiger partial charge in [-0.05, 0) is 18.6 Å². The van der Waals surface area contributed by atoms with Crippen LogP contribution in [0.15, 0.2) is 36.7 Å². The van der Waals surface area contributed by atoms with Crippen LogP contribution >= 0.6 is 0 Å². The summed E-state index contributed by atoms with van der Waals surface area (Å²) >= 11 is 0. The largest absolute Gasteiger partial charge is 0.488 e. The molecule has 0 N–H and O–H groups in total. The minimum absolute atomic E-state index is 0.0577. The molecule has 104 valence electrons. The zero-order chi connectivity index (χ0) is 13.9. The van der Waals surface area contributed by atoms with Crippen LogP contribution in [0.2, 0.25) is 0 Å². The molecule has 1 aromatic carbocycles. The van der Waals surface area contributed by atoms with E-state index in [1.807, 2.05) is 18.2 Å². The normalized spacial score (nSPS) is 16.6. The molecule has 0 amide bonds. The van der Waals surface area contributed by atoms with Crippen molar-refractivity contribution in [2.24, 2.45) is 0 Å². The lowest BCUT2D eigenvalue weighted by atomic mass is 10.1. The van der Waals surface area contributed by atoms with Gasteiger partial charge in [-0.15, -0.1) is 0 Å². The lowest BCUT2D eigenvalue weighted by Gasteiger charge is -2.10. The van der Waals surface area contributed by atoms with Crippen molar-refractivity contribution in [2.75, 3.05) is 6.61 Å². The van der Waals surface area contributed by atoms with Crippen LogP contribution in [0.5, 0.6) is 5.75 Å². The predicted molar refractivity (Wildman–Crippen MR) is 72.7 cm³/mol. The number of esters is 1. The van der Waals surface area contributed by atoms with Gasteiger partial charge in [-0.25, -0.2) is 4.79 Å². The molecule has 0 saturated carbocycles. The molecule has 0 aliphatic carbocycles. The van der Waals surface area contributed by atoms with Crippen molar-refractivity contribution in [3.05, 3.63) is 47.8 Å². The summed E-state index contributed by atoms with van der Waals surface area (Å²) in [6.07, 6.45) is 4.15. The summed E-state index contributed by atoms with van der Waals surface area (Å²) in [5.41, 5.74) is 1.69. The molecule has 0 saturated heterocycles. The van der Waals surface area contributed by atoms with E-state index in [-0.39, 0.29) is 12.1 Å².